The van der Waals surface area contributed by atoms with Crippen molar-refractivity contribution in [1.82, 2.24) is 14.5 Å². The third kappa shape index (κ3) is 8.22. The molecule has 4 nitrogen and oxygen atoms in total. The Morgan fingerprint density at radius 2 is 1.16 bits per heavy atom. The van der Waals surface area contributed by atoms with Crippen LogP contribution in [0.25, 0.3) is 83.9 Å². The summed E-state index contributed by atoms with van der Waals surface area (Å²) >= 11 is 0. The fraction of sp³-hybridized carbons (Fsp3) is 0.186. The lowest BCUT2D eigenvalue weighted by molar-refractivity contribution is 0.466. The van der Waals surface area contributed by atoms with Gasteiger partial charge in [0, 0.05) is 23.0 Å². The van der Waals surface area contributed by atoms with Crippen molar-refractivity contribution in [2.24, 2.45) is 0 Å². The normalized spacial score (nSPS) is 11.8. The van der Waals surface area contributed by atoms with Gasteiger partial charge in [-0.15, -0.1) is 0 Å². The number of pyridine rings is 1. The Morgan fingerprint density at radius 3 is 1.81 bits per heavy atom. The van der Waals surface area contributed by atoms with Crippen molar-refractivity contribution in [2.45, 2.75) is 72.6 Å². The van der Waals surface area contributed by atoms with Crippen LogP contribution in [0.1, 0.15) is 82.6 Å². The predicted molar refractivity (Wildman–Crippen MR) is 265 cm³/mol. The van der Waals surface area contributed by atoms with E-state index in [1.54, 1.807) is 0 Å². The van der Waals surface area contributed by atoms with Gasteiger partial charge in [-0.3, -0.25) is 9.55 Å². The number of aromatic hydroxyl groups is 1. The van der Waals surface area contributed by atoms with Gasteiger partial charge in [0.25, 0.3) is 0 Å². The van der Waals surface area contributed by atoms with Crippen LogP contribution in [0, 0.1) is 6.92 Å². The molecule has 0 saturated carbocycles. The van der Waals surface area contributed by atoms with Crippen LogP contribution in [-0.4, -0.2) is 19.6 Å². The van der Waals surface area contributed by atoms with Gasteiger partial charge in [0.15, 0.2) is 0 Å². The summed E-state index contributed by atoms with van der Waals surface area (Å²) in [7, 11) is 0. The first kappa shape index (κ1) is 41.3. The third-order valence-corrected chi connectivity index (χ3v) is 12.3. The molecule has 0 atom stereocenters. The molecule has 2 aromatic heterocycles. The Labute approximate surface area is 372 Å². The van der Waals surface area contributed by atoms with E-state index in [0.29, 0.717) is 5.82 Å². The smallest absolute Gasteiger partial charge is 0.149 e. The molecule has 0 aliphatic carbocycles. The Bertz CT molecular complexity index is 3100. The molecular formula is C59H55N3O. The molecule has 0 unspecified atom stereocenters. The Kier molecular flexibility index (Phi) is 10.9. The molecule has 4 heteroatoms. The summed E-state index contributed by atoms with van der Waals surface area (Å²) in [6.07, 6.45) is 1.92. The lowest BCUT2D eigenvalue weighted by Gasteiger charge is -2.22. The second-order valence-electron chi connectivity index (χ2n) is 18.6. The highest BCUT2D eigenvalue weighted by molar-refractivity contribution is 5.97. The van der Waals surface area contributed by atoms with E-state index in [4.69, 9.17) is 9.97 Å². The SMILES string of the molecule is Cc1cc(-c2ccccc2)cc(-n2c(-c3cc(C(C)C)cc(C(C)C)c3O)nc3c(-c4cc(-c5cc(-c6ccc(-c7ccccc7)cc6)ccn5)cc(C(C)(C)C)c4)cccc32)c1. The van der Waals surface area contributed by atoms with Crippen molar-refractivity contribution in [3.8, 4) is 78.6 Å². The standard InChI is InChI=1S/C59H55N3O/c1-37(2)45-34-52(38(3)4)57(63)53(35-45)58-61-56-51(20-15-21-55(56)62(58)50-29-39(5)28-46(33-50)41-18-13-10-14-19-41)47-30-48(32-49(31-47)59(6,7)8)54-36-44(26-27-60-54)43-24-22-42(23-25-43)40-16-11-9-12-17-40/h9-38,63H,1-8H3. The molecule has 0 aliphatic rings. The number of imidazole rings is 1. The number of benzene rings is 7. The number of fused-ring (bicyclic) bond motifs is 1. The van der Waals surface area contributed by atoms with Crippen molar-refractivity contribution in [1.29, 1.82) is 0 Å². The number of hydrogen-bond acceptors (Lipinski definition) is 3. The van der Waals surface area contributed by atoms with Crippen LogP contribution in [0.4, 0.5) is 0 Å². The highest BCUT2D eigenvalue weighted by Crippen LogP contribution is 2.44. The Morgan fingerprint density at radius 1 is 0.524 bits per heavy atom. The zero-order valence-corrected chi connectivity index (χ0v) is 37.6. The summed E-state index contributed by atoms with van der Waals surface area (Å²) in [5, 5.41) is 12.2. The Hall–Kier alpha value is -7.04. The lowest BCUT2D eigenvalue weighted by atomic mass is 9.83. The van der Waals surface area contributed by atoms with Gasteiger partial charge >= 0.3 is 0 Å². The van der Waals surface area contributed by atoms with Gasteiger partial charge < -0.3 is 5.11 Å². The second-order valence-corrected chi connectivity index (χ2v) is 18.6. The molecule has 7 aromatic carbocycles. The largest absolute Gasteiger partial charge is 0.507 e. The molecule has 0 bridgehead atoms. The molecule has 1 N–H and O–H groups in total. The molecular weight excluding hydrogens is 767 g/mol. The van der Waals surface area contributed by atoms with Crippen LogP contribution in [0.3, 0.4) is 0 Å². The van der Waals surface area contributed by atoms with Gasteiger partial charge in [-0.1, -0.05) is 164 Å². The van der Waals surface area contributed by atoms with Gasteiger partial charge in [0.05, 0.1) is 22.3 Å². The molecule has 0 amide bonds. The predicted octanol–water partition coefficient (Wildman–Crippen LogP) is 16.0. The number of nitrogens with zero attached hydrogens (tertiary/aromatic N) is 3. The van der Waals surface area contributed by atoms with E-state index >= 15 is 0 Å². The first-order valence-corrected chi connectivity index (χ1v) is 22.2. The molecule has 312 valence electrons. The van der Waals surface area contributed by atoms with Crippen molar-refractivity contribution < 1.29 is 5.11 Å². The minimum Gasteiger partial charge on any atom is -0.507 e. The maximum atomic E-state index is 12.2. The number of aromatic nitrogens is 3. The van der Waals surface area contributed by atoms with Gasteiger partial charge in [0.1, 0.15) is 11.6 Å². The number of aryl methyl sites for hydroxylation is 1. The van der Waals surface area contributed by atoms with Crippen LogP contribution in [0.15, 0.2) is 170 Å². The van der Waals surface area contributed by atoms with Crippen LogP contribution in [0.2, 0.25) is 0 Å². The van der Waals surface area contributed by atoms with E-state index in [9.17, 15) is 5.11 Å². The van der Waals surface area contributed by atoms with Gasteiger partial charge in [-0.25, -0.2) is 4.98 Å². The van der Waals surface area contributed by atoms with Gasteiger partial charge in [-0.05, 0) is 134 Å². The fourth-order valence-electron chi connectivity index (χ4n) is 8.71. The average Bonchev–Trinajstić information content (AvgIpc) is 3.69. The summed E-state index contributed by atoms with van der Waals surface area (Å²) in [5.74, 6) is 1.38. The number of phenols is 1. The maximum Gasteiger partial charge on any atom is 0.149 e. The zero-order chi connectivity index (χ0) is 44.0. The van der Waals surface area contributed by atoms with Crippen molar-refractivity contribution >= 4 is 11.0 Å². The minimum atomic E-state index is -0.139. The van der Waals surface area contributed by atoms with Gasteiger partial charge in [0.2, 0.25) is 0 Å². The second kappa shape index (κ2) is 16.7. The minimum absolute atomic E-state index is 0.124. The monoisotopic (exact) mass is 821 g/mol. The first-order chi connectivity index (χ1) is 30.3. The number of para-hydroxylation sites is 1. The van der Waals surface area contributed by atoms with E-state index in [-0.39, 0.29) is 23.0 Å². The topological polar surface area (TPSA) is 50.9 Å². The molecule has 0 spiro atoms. The van der Waals surface area contributed by atoms with Crippen molar-refractivity contribution in [3.05, 3.63) is 192 Å². The zero-order valence-electron chi connectivity index (χ0n) is 37.6. The van der Waals surface area contributed by atoms with E-state index in [2.05, 4.69) is 218 Å². The van der Waals surface area contributed by atoms with E-state index in [0.717, 1.165) is 78.0 Å². The lowest BCUT2D eigenvalue weighted by Crippen LogP contribution is -2.11. The molecule has 9 aromatic rings. The molecule has 0 aliphatic heterocycles. The Balaban J connectivity index is 1.25. The van der Waals surface area contributed by atoms with Crippen LogP contribution in [0.5, 0.6) is 5.75 Å². The van der Waals surface area contributed by atoms with E-state index in [1.165, 1.54) is 22.3 Å². The summed E-state index contributed by atoms with van der Waals surface area (Å²) in [4.78, 5) is 10.6. The quantitative estimate of drug-likeness (QED) is 0.158. The molecule has 9 rings (SSSR count). The van der Waals surface area contributed by atoms with Crippen LogP contribution >= 0.6 is 0 Å². The van der Waals surface area contributed by atoms with E-state index < -0.39 is 0 Å². The van der Waals surface area contributed by atoms with Gasteiger partial charge in [-0.2, -0.15) is 0 Å². The van der Waals surface area contributed by atoms with Crippen molar-refractivity contribution in [2.75, 3.05) is 0 Å². The average molecular weight is 822 g/mol. The fourth-order valence-corrected chi connectivity index (χ4v) is 8.71. The van der Waals surface area contributed by atoms with Crippen LogP contribution < -0.4 is 0 Å². The first-order valence-electron chi connectivity index (χ1n) is 22.2. The molecule has 2 heterocycles. The third-order valence-electron chi connectivity index (χ3n) is 12.3. The van der Waals surface area contributed by atoms with Crippen LogP contribution in [-0.2, 0) is 5.41 Å². The molecule has 63 heavy (non-hydrogen) atoms. The summed E-state index contributed by atoms with van der Waals surface area (Å²) < 4.78 is 2.25. The summed E-state index contributed by atoms with van der Waals surface area (Å²) in [6.45, 7) is 17.6. The number of phenolic OH excluding ortho intramolecular Hbond substituents is 1. The van der Waals surface area contributed by atoms with E-state index in [1.807, 2.05) is 12.3 Å². The summed E-state index contributed by atoms with van der Waals surface area (Å²) in [5.41, 5.74) is 18.8. The molecule has 0 saturated heterocycles. The summed E-state index contributed by atoms with van der Waals surface area (Å²) in [6, 6.07) is 58.5. The van der Waals surface area contributed by atoms with Crippen molar-refractivity contribution in [3.63, 3.8) is 0 Å². The number of rotatable bonds is 9. The highest BCUT2D eigenvalue weighted by atomic mass is 16.3. The molecule has 0 radical (unpaired) electrons. The highest BCUT2D eigenvalue weighted by Gasteiger charge is 2.25. The number of hydrogen-bond donors (Lipinski definition) is 1. The molecule has 0 fully saturated rings. The maximum absolute atomic E-state index is 12.2.